The second-order valence-electron chi connectivity index (χ2n) is 5.57. The molecule has 7 heteroatoms. The quantitative estimate of drug-likeness (QED) is 0.803. The molecule has 1 aliphatic heterocycles. The van der Waals surface area contributed by atoms with Gasteiger partial charge in [-0.15, -0.1) is 0 Å². The molecule has 0 atom stereocenters. The maximum Gasteiger partial charge on any atom is 0.265 e. The summed E-state index contributed by atoms with van der Waals surface area (Å²) in [6.45, 7) is 2.51. The van der Waals surface area contributed by atoms with Crippen LogP contribution < -0.4 is 0 Å². The van der Waals surface area contributed by atoms with E-state index in [0.717, 1.165) is 5.56 Å². The number of aryl methyl sites for hydroxylation is 1. The summed E-state index contributed by atoms with van der Waals surface area (Å²) in [6, 6.07) is 12.7. The molecule has 2 aromatic carbocycles. The Morgan fingerprint density at radius 2 is 1.79 bits per heavy atom. The Kier molecular flexibility index (Phi) is 4.85. The molecule has 24 heavy (non-hydrogen) atoms. The lowest BCUT2D eigenvalue weighted by Gasteiger charge is -2.22. The van der Waals surface area contributed by atoms with Crippen molar-refractivity contribution < 1.29 is 8.42 Å². The smallest absolute Gasteiger partial charge is 0.265 e. The number of benzene rings is 2. The monoisotopic (exact) mass is 382 g/mol. The zero-order valence-corrected chi connectivity index (χ0v) is 15.4. The van der Waals surface area contributed by atoms with E-state index in [0.29, 0.717) is 35.9 Å². The highest BCUT2D eigenvalue weighted by Gasteiger charge is 2.32. The van der Waals surface area contributed by atoms with Gasteiger partial charge in [0, 0.05) is 6.42 Å². The van der Waals surface area contributed by atoms with Gasteiger partial charge in [-0.3, -0.25) is 9.30 Å². The summed E-state index contributed by atoms with van der Waals surface area (Å²) in [6.07, 6.45) is 0.473. The Labute approximate surface area is 151 Å². The molecule has 0 aromatic heterocycles. The molecule has 0 spiro atoms. The number of hydrogen-bond acceptors (Lipinski definition) is 3. The summed E-state index contributed by atoms with van der Waals surface area (Å²) in [4.78, 5) is 4.54. The van der Waals surface area contributed by atoms with Gasteiger partial charge in [-0.1, -0.05) is 53.5 Å². The minimum Gasteiger partial charge on any atom is -0.269 e. The van der Waals surface area contributed by atoms with Crippen LogP contribution >= 0.6 is 23.2 Å². The number of hydrogen-bond donors (Lipinski definition) is 0. The molecular formula is C17H16Cl2N2O2S. The molecule has 0 amide bonds. The van der Waals surface area contributed by atoms with Crippen LogP contribution in [0.1, 0.15) is 11.1 Å². The molecule has 3 rings (SSSR count). The van der Waals surface area contributed by atoms with E-state index in [2.05, 4.69) is 4.99 Å². The number of sulfonamides is 1. The van der Waals surface area contributed by atoms with E-state index in [9.17, 15) is 8.42 Å². The maximum absolute atomic E-state index is 13.1. The molecule has 1 heterocycles. The second kappa shape index (κ2) is 6.75. The molecule has 2 aromatic rings. The van der Waals surface area contributed by atoms with E-state index >= 15 is 0 Å². The molecular weight excluding hydrogens is 367 g/mol. The van der Waals surface area contributed by atoms with E-state index in [1.165, 1.54) is 10.4 Å². The third-order valence-corrected chi connectivity index (χ3v) is 6.57. The lowest BCUT2D eigenvalue weighted by molar-refractivity contribution is 0.535. The van der Waals surface area contributed by atoms with Crippen LogP contribution in [0, 0.1) is 6.92 Å². The first-order valence-corrected chi connectivity index (χ1v) is 9.65. The molecule has 0 fully saturated rings. The molecule has 126 valence electrons. The third-order valence-electron chi connectivity index (χ3n) is 3.88. The van der Waals surface area contributed by atoms with Crippen LogP contribution in [0.4, 0.5) is 0 Å². The molecule has 1 aliphatic rings. The first kappa shape index (κ1) is 17.3. The van der Waals surface area contributed by atoms with Crippen molar-refractivity contribution in [2.75, 3.05) is 13.1 Å². The molecule has 0 bridgehead atoms. The van der Waals surface area contributed by atoms with Crippen molar-refractivity contribution in [2.24, 2.45) is 4.99 Å². The molecule has 0 aliphatic carbocycles. The standard InChI is InChI=1S/C17H16Cl2N2O2S/c1-12-9-14(18)15(19)11-16(12)24(22,23)21-8-7-20-17(21)10-13-5-3-2-4-6-13/h2-6,9,11H,7-8,10H2,1H3. The van der Waals surface area contributed by atoms with Gasteiger partial charge in [-0.25, -0.2) is 8.42 Å². The summed E-state index contributed by atoms with van der Waals surface area (Å²) < 4.78 is 27.5. The largest absolute Gasteiger partial charge is 0.269 e. The molecule has 0 unspecified atom stereocenters. The second-order valence-corrected chi connectivity index (χ2v) is 8.21. The van der Waals surface area contributed by atoms with E-state index in [4.69, 9.17) is 23.2 Å². The average molecular weight is 383 g/mol. The Morgan fingerprint density at radius 3 is 2.50 bits per heavy atom. The van der Waals surface area contributed by atoms with Gasteiger partial charge in [-0.05, 0) is 30.2 Å². The Bertz CT molecular complexity index is 896. The fourth-order valence-corrected chi connectivity index (χ4v) is 4.82. The van der Waals surface area contributed by atoms with Crippen molar-refractivity contribution >= 4 is 39.1 Å². The zero-order valence-electron chi connectivity index (χ0n) is 13.0. The van der Waals surface area contributed by atoms with E-state index in [1.54, 1.807) is 13.0 Å². The van der Waals surface area contributed by atoms with E-state index in [-0.39, 0.29) is 9.92 Å². The predicted molar refractivity (Wildman–Crippen MR) is 97.5 cm³/mol. The normalized spacial score (nSPS) is 14.8. The lowest BCUT2D eigenvalue weighted by atomic mass is 10.1. The SMILES string of the molecule is Cc1cc(Cl)c(Cl)cc1S(=O)(=O)N1CCN=C1Cc1ccccc1. The summed E-state index contributed by atoms with van der Waals surface area (Å²) in [7, 11) is -3.72. The van der Waals surface area contributed by atoms with Crippen LogP contribution in [0.25, 0.3) is 0 Å². The topological polar surface area (TPSA) is 49.7 Å². The molecule has 4 nitrogen and oxygen atoms in total. The Hall–Kier alpha value is -1.56. The van der Waals surface area contributed by atoms with Crippen LogP contribution in [0.2, 0.25) is 10.0 Å². The van der Waals surface area contributed by atoms with E-state index < -0.39 is 10.0 Å². The van der Waals surface area contributed by atoms with Gasteiger partial charge in [0.05, 0.1) is 28.0 Å². The van der Waals surface area contributed by atoms with Crippen LogP contribution in [0.5, 0.6) is 0 Å². The van der Waals surface area contributed by atoms with Gasteiger partial charge < -0.3 is 0 Å². The Morgan fingerprint density at radius 1 is 1.12 bits per heavy atom. The van der Waals surface area contributed by atoms with Gasteiger partial charge in [0.15, 0.2) is 0 Å². The maximum atomic E-state index is 13.1. The Balaban J connectivity index is 1.95. The van der Waals surface area contributed by atoms with Crippen molar-refractivity contribution in [2.45, 2.75) is 18.2 Å². The van der Waals surface area contributed by atoms with Gasteiger partial charge in [0.2, 0.25) is 0 Å². The predicted octanol–water partition coefficient (Wildman–Crippen LogP) is 3.95. The van der Waals surface area contributed by atoms with Gasteiger partial charge >= 0.3 is 0 Å². The van der Waals surface area contributed by atoms with Crippen molar-refractivity contribution in [3.63, 3.8) is 0 Å². The highest BCUT2D eigenvalue weighted by Crippen LogP contribution is 2.30. The summed E-state index contributed by atoms with van der Waals surface area (Å²) in [5.74, 6) is 0.548. The van der Waals surface area contributed by atoms with Crippen LogP contribution in [0.15, 0.2) is 52.4 Å². The number of nitrogens with zero attached hydrogens (tertiary/aromatic N) is 2. The van der Waals surface area contributed by atoms with Crippen molar-refractivity contribution in [3.8, 4) is 0 Å². The highest BCUT2D eigenvalue weighted by atomic mass is 35.5. The minimum atomic E-state index is -3.72. The average Bonchev–Trinajstić information content (AvgIpc) is 3.00. The number of halogens is 2. The molecule has 0 saturated carbocycles. The van der Waals surface area contributed by atoms with Crippen LogP contribution in [-0.4, -0.2) is 31.6 Å². The van der Waals surface area contributed by atoms with Crippen molar-refractivity contribution in [1.82, 2.24) is 4.31 Å². The zero-order chi connectivity index (χ0) is 17.3. The summed E-state index contributed by atoms with van der Waals surface area (Å²) >= 11 is 12.0. The fourth-order valence-electron chi connectivity index (χ4n) is 2.68. The van der Waals surface area contributed by atoms with Gasteiger partial charge in [0.1, 0.15) is 5.84 Å². The van der Waals surface area contributed by atoms with Crippen LogP contribution in [0.3, 0.4) is 0 Å². The highest BCUT2D eigenvalue weighted by molar-refractivity contribution is 7.89. The fraction of sp³-hybridized carbons (Fsp3) is 0.235. The van der Waals surface area contributed by atoms with Crippen LogP contribution in [-0.2, 0) is 16.4 Å². The summed E-state index contributed by atoms with van der Waals surface area (Å²) in [5.41, 5.74) is 1.58. The minimum absolute atomic E-state index is 0.166. The number of rotatable bonds is 4. The van der Waals surface area contributed by atoms with Gasteiger partial charge in [0.25, 0.3) is 10.0 Å². The van der Waals surface area contributed by atoms with E-state index in [1.807, 2.05) is 30.3 Å². The first-order valence-electron chi connectivity index (χ1n) is 7.45. The number of aliphatic imine (C=N–C) groups is 1. The summed E-state index contributed by atoms with van der Waals surface area (Å²) in [5, 5.41) is 0.564. The van der Waals surface area contributed by atoms with Crippen molar-refractivity contribution in [1.29, 1.82) is 0 Å². The first-order chi connectivity index (χ1) is 11.4. The molecule has 0 radical (unpaired) electrons. The van der Waals surface area contributed by atoms with Gasteiger partial charge in [-0.2, -0.15) is 0 Å². The lowest BCUT2D eigenvalue weighted by Crippen LogP contribution is -2.35. The number of amidine groups is 1. The third kappa shape index (κ3) is 3.29. The molecule has 0 saturated heterocycles. The van der Waals surface area contributed by atoms with Crippen molar-refractivity contribution in [3.05, 3.63) is 63.6 Å². The molecule has 0 N–H and O–H groups in total.